The van der Waals surface area contributed by atoms with Crippen LogP contribution < -0.4 is 5.32 Å². The molecule has 0 radical (unpaired) electrons. The summed E-state index contributed by atoms with van der Waals surface area (Å²) in [7, 11) is 0. The minimum Gasteiger partial charge on any atom is -0.349 e. The number of amides is 2. The fourth-order valence-electron chi connectivity index (χ4n) is 3.69. The van der Waals surface area contributed by atoms with Gasteiger partial charge in [-0.05, 0) is 48.6 Å². The van der Waals surface area contributed by atoms with Crippen LogP contribution >= 0.6 is 15.9 Å². The van der Waals surface area contributed by atoms with E-state index in [1.165, 1.54) is 0 Å². The van der Waals surface area contributed by atoms with Crippen molar-refractivity contribution in [3.8, 4) is 0 Å². The van der Waals surface area contributed by atoms with Crippen LogP contribution in [0.25, 0.3) is 0 Å². The van der Waals surface area contributed by atoms with E-state index in [2.05, 4.69) is 47.2 Å². The van der Waals surface area contributed by atoms with Gasteiger partial charge < -0.3 is 10.2 Å². The SMILES string of the molecule is CC(C)C(NC(=O)C1CCN(C(=O)c2ccc(Br)cc2)CC1)c1ccccc1. The monoisotopic (exact) mass is 442 g/mol. The summed E-state index contributed by atoms with van der Waals surface area (Å²) in [5.41, 5.74) is 1.82. The molecule has 1 N–H and O–H groups in total. The zero-order valence-electron chi connectivity index (χ0n) is 16.4. The molecule has 2 aromatic rings. The van der Waals surface area contributed by atoms with Crippen molar-refractivity contribution < 1.29 is 9.59 Å². The first kappa shape index (κ1) is 20.6. The third kappa shape index (κ3) is 5.02. The summed E-state index contributed by atoms with van der Waals surface area (Å²) in [6, 6.07) is 17.5. The van der Waals surface area contributed by atoms with Crippen molar-refractivity contribution in [1.29, 1.82) is 0 Å². The van der Waals surface area contributed by atoms with E-state index in [1.54, 1.807) is 0 Å². The molecule has 1 unspecified atom stereocenters. The Balaban J connectivity index is 1.57. The van der Waals surface area contributed by atoms with Crippen LogP contribution in [0.5, 0.6) is 0 Å². The maximum Gasteiger partial charge on any atom is 0.253 e. The largest absolute Gasteiger partial charge is 0.349 e. The molecule has 5 heteroatoms. The highest BCUT2D eigenvalue weighted by molar-refractivity contribution is 9.10. The first-order chi connectivity index (χ1) is 13.5. The average Bonchev–Trinajstić information content (AvgIpc) is 2.72. The van der Waals surface area contributed by atoms with Crippen LogP contribution in [0.3, 0.4) is 0 Å². The van der Waals surface area contributed by atoms with Gasteiger partial charge in [0.05, 0.1) is 6.04 Å². The Morgan fingerprint density at radius 1 is 1.00 bits per heavy atom. The summed E-state index contributed by atoms with van der Waals surface area (Å²) < 4.78 is 0.956. The number of benzene rings is 2. The second-order valence-electron chi connectivity index (χ2n) is 7.71. The number of hydrogen-bond donors (Lipinski definition) is 1. The van der Waals surface area contributed by atoms with Gasteiger partial charge in [-0.15, -0.1) is 0 Å². The Hall–Kier alpha value is -2.14. The summed E-state index contributed by atoms with van der Waals surface area (Å²) in [6.07, 6.45) is 1.40. The second kappa shape index (κ2) is 9.37. The van der Waals surface area contributed by atoms with Gasteiger partial charge in [0, 0.05) is 29.0 Å². The summed E-state index contributed by atoms with van der Waals surface area (Å²) >= 11 is 3.39. The minimum atomic E-state index is -0.0427. The van der Waals surface area contributed by atoms with Crippen molar-refractivity contribution in [3.05, 3.63) is 70.2 Å². The van der Waals surface area contributed by atoms with Gasteiger partial charge >= 0.3 is 0 Å². The molecule has 2 amide bonds. The van der Waals surface area contributed by atoms with E-state index in [-0.39, 0.29) is 23.8 Å². The van der Waals surface area contributed by atoms with E-state index in [4.69, 9.17) is 0 Å². The third-order valence-corrected chi connectivity index (χ3v) is 5.90. The van der Waals surface area contributed by atoms with E-state index in [0.29, 0.717) is 37.4 Å². The number of carbonyl (C=O) groups is 2. The maximum atomic E-state index is 12.9. The van der Waals surface area contributed by atoms with Crippen molar-refractivity contribution in [3.63, 3.8) is 0 Å². The number of rotatable bonds is 5. The Kier molecular flexibility index (Phi) is 6.89. The van der Waals surface area contributed by atoms with E-state index >= 15 is 0 Å². The molecule has 1 saturated heterocycles. The number of hydrogen-bond acceptors (Lipinski definition) is 2. The molecule has 0 aliphatic carbocycles. The van der Waals surface area contributed by atoms with Gasteiger partial charge in [0.15, 0.2) is 0 Å². The van der Waals surface area contributed by atoms with Gasteiger partial charge in [0.25, 0.3) is 5.91 Å². The van der Waals surface area contributed by atoms with Crippen molar-refractivity contribution in [2.24, 2.45) is 11.8 Å². The Labute approximate surface area is 175 Å². The van der Waals surface area contributed by atoms with Crippen LogP contribution in [0, 0.1) is 11.8 Å². The normalized spacial score (nSPS) is 16.1. The molecule has 0 saturated carbocycles. The van der Waals surface area contributed by atoms with Crippen molar-refractivity contribution in [2.75, 3.05) is 13.1 Å². The van der Waals surface area contributed by atoms with Gasteiger partial charge in [-0.3, -0.25) is 9.59 Å². The highest BCUT2D eigenvalue weighted by Crippen LogP contribution is 2.25. The fraction of sp³-hybridized carbons (Fsp3) is 0.391. The van der Waals surface area contributed by atoms with Crippen molar-refractivity contribution >= 4 is 27.7 Å². The lowest BCUT2D eigenvalue weighted by Crippen LogP contribution is -2.44. The Morgan fingerprint density at radius 3 is 2.18 bits per heavy atom. The second-order valence-corrected chi connectivity index (χ2v) is 8.63. The molecule has 4 nitrogen and oxygen atoms in total. The van der Waals surface area contributed by atoms with E-state index in [1.807, 2.05) is 47.4 Å². The number of halogens is 1. The summed E-state index contributed by atoms with van der Waals surface area (Å²) in [6.45, 7) is 5.48. The average molecular weight is 443 g/mol. The van der Waals surface area contributed by atoms with Crippen LogP contribution in [0.2, 0.25) is 0 Å². The molecule has 1 aliphatic rings. The van der Waals surface area contributed by atoms with Gasteiger partial charge in [-0.25, -0.2) is 0 Å². The molecule has 28 heavy (non-hydrogen) atoms. The molecule has 0 bridgehead atoms. The summed E-state index contributed by atoms with van der Waals surface area (Å²) in [4.78, 5) is 27.4. The minimum absolute atomic E-state index is 0.0103. The molecule has 1 heterocycles. The van der Waals surface area contributed by atoms with E-state index < -0.39 is 0 Å². The molecule has 3 rings (SSSR count). The molecule has 1 atom stereocenters. The van der Waals surface area contributed by atoms with Crippen molar-refractivity contribution in [1.82, 2.24) is 10.2 Å². The molecule has 1 aliphatic heterocycles. The van der Waals surface area contributed by atoms with Crippen molar-refractivity contribution in [2.45, 2.75) is 32.7 Å². The molecule has 148 valence electrons. The van der Waals surface area contributed by atoms with Gasteiger partial charge in [0.1, 0.15) is 0 Å². The predicted molar refractivity (Wildman–Crippen MR) is 115 cm³/mol. The van der Waals surface area contributed by atoms with Gasteiger partial charge in [-0.2, -0.15) is 0 Å². The number of nitrogens with one attached hydrogen (secondary N) is 1. The van der Waals surface area contributed by atoms with Crippen LogP contribution in [0.4, 0.5) is 0 Å². The number of nitrogens with zero attached hydrogens (tertiary/aromatic N) is 1. The van der Waals surface area contributed by atoms with Crippen LogP contribution in [-0.4, -0.2) is 29.8 Å². The first-order valence-corrected chi connectivity index (χ1v) is 10.6. The van der Waals surface area contributed by atoms with Gasteiger partial charge in [-0.1, -0.05) is 60.1 Å². The smallest absolute Gasteiger partial charge is 0.253 e. The van der Waals surface area contributed by atoms with E-state index in [9.17, 15) is 9.59 Å². The Morgan fingerprint density at radius 2 is 1.61 bits per heavy atom. The summed E-state index contributed by atoms with van der Waals surface area (Å²) in [5, 5.41) is 3.24. The zero-order valence-corrected chi connectivity index (χ0v) is 18.0. The highest BCUT2D eigenvalue weighted by Gasteiger charge is 2.29. The first-order valence-electron chi connectivity index (χ1n) is 9.86. The molecule has 0 aromatic heterocycles. The quantitative estimate of drug-likeness (QED) is 0.721. The Bertz CT molecular complexity index is 797. The van der Waals surface area contributed by atoms with Crippen LogP contribution in [0.1, 0.15) is 48.7 Å². The standard InChI is InChI=1S/C23H27BrN2O2/c1-16(2)21(17-6-4-3-5-7-17)25-22(27)18-12-14-26(15-13-18)23(28)19-8-10-20(24)11-9-19/h3-11,16,18,21H,12-15H2,1-2H3,(H,25,27). The molecular weight excluding hydrogens is 416 g/mol. The third-order valence-electron chi connectivity index (χ3n) is 5.37. The topological polar surface area (TPSA) is 49.4 Å². The van der Waals surface area contributed by atoms with E-state index in [0.717, 1.165) is 10.0 Å². The van der Waals surface area contributed by atoms with Gasteiger partial charge in [0.2, 0.25) is 5.91 Å². The molecule has 2 aromatic carbocycles. The van der Waals surface area contributed by atoms with Crippen LogP contribution in [-0.2, 0) is 4.79 Å². The number of piperidine rings is 1. The van der Waals surface area contributed by atoms with Crippen LogP contribution in [0.15, 0.2) is 59.1 Å². The maximum absolute atomic E-state index is 12.9. The number of likely N-dealkylation sites (tertiary alicyclic amines) is 1. The zero-order chi connectivity index (χ0) is 20.1. The highest BCUT2D eigenvalue weighted by atomic mass is 79.9. The fourth-order valence-corrected chi connectivity index (χ4v) is 3.95. The molecule has 0 spiro atoms. The molecular formula is C23H27BrN2O2. The lowest BCUT2D eigenvalue weighted by Gasteiger charge is -2.33. The molecule has 1 fully saturated rings. The number of carbonyl (C=O) groups excluding carboxylic acids is 2. The predicted octanol–water partition coefficient (Wildman–Crippen LogP) is 4.81. The summed E-state index contributed by atoms with van der Waals surface area (Å²) in [5.74, 6) is 0.401. The lowest BCUT2D eigenvalue weighted by atomic mass is 9.92. The lowest BCUT2D eigenvalue weighted by molar-refractivity contribution is -0.127.